The van der Waals surface area contributed by atoms with Crippen LogP contribution >= 0.6 is 0 Å². The number of aromatic nitrogens is 3. The average molecular weight is 416 g/mol. The van der Waals surface area contributed by atoms with Crippen LogP contribution in [0.25, 0.3) is 10.8 Å². The second-order valence-corrected chi connectivity index (χ2v) is 6.91. The summed E-state index contributed by atoms with van der Waals surface area (Å²) in [4.78, 5) is 41.1. The number of H-pyrrole nitrogens is 1. The second-order valence-electron chi connectivity index (χ2n) is 6.91. The predicted octanol–water partition coefficient (Wildman–Crippen LogP) is 1.98. The highest BCUT2D eigenvalue weighted by atomic mass is 16.5. The van der Waals surface area contributed by atoms with E-state index in [0.717, 1.165) is 15.9 Å². The molecule has 0 aliphatic rings. The Balaban J connectivity index is 1.34. The van der Waals surface area contributed by atoms with Gasteiger partial charge in [0.1, 0.15) is 18.9 Å². The van der Waals surface area contributed by atoms with E-state index in [4.69, 9.17) is 4.74 Å². The molecule has 31 heavy (non-hydrogen) atoms. The van der Waals surface area contributed by atoms with E-state index in [9.17, 15) is 14.4 Å². The van der Waals surface area contributed by atoms with Crippen LogP contribution in [-0.2, 0) is 24.5 Å². The largest absolute Gasteiger partial charge is 0.487 e. The number of hydrogen-bond acceptors (Lipinski definition) is 5. The molecule has 0 saturated carbocycles. The fraction of sp³-hybridized carbons (Fsp3) is 0.130. The molecule has 0 atom stereocenters. The monoisotopic (exact) mass is 416 g/mol. The molecule has 156 valence electrons. The van der Waals surface area contributed by atoms with Crippen LogP contribution in [0.5, 0.6) is 5.75 Å². The van der Waals surface area contributed by atoms with E-state index in [1.54, 1.807) is 30.5 Å². The Hall–Kier alpha value is -4.20. The van der Waals surface area contributed by atoms with Gasteiger partial charge in [-0.2, -0.15) is 0 Å². The first kappa shape index (κ1) is 20.1. The first-order valence-electron chi connectivity index (χ1n) is 9.70. The molecule has 0 unspecified atom stereocenters. The van der Waals surface area contributed by atoms with E-state index in [2.05, 4.69) is 15.4 Å². The zero-order chi connectivity index (χ0) is 21.6. The molecule has 2 heterocycles. The second kappa shape index (κ2) is 9.08. The van der Waals surface area contributed by atoms with E-state index in [0.29, 0.717) is 17.7 Å². The number of benzene rings is 2. The van der Waals surface area contributed by atoms with Crippen molar-refractivity contribution >= 4 is 16.7 Å². The number of aromatic amines is 1. The lowest BCUT2D eigenvalue weighted by atomic mass is 10.2. The third-order valence-corrected chi connectivity index (χ3v) is 4.71. The van der Waals surface area contributed by atoms with Crippen LogP contribution in [0.4, 0.5) is 0 Å². The van der Waals surface area contributed by atoms with Crippen molar-refractivity contribution in [2.75, 3.05) is 0 Å². The van der Waals surface area contributed by atoms with Crippen LogP contribution < -0.4 is 21.2 Å². The third kappa shape index (κ3) is 4.87. The van der Waals surface area contributed by atoms with E-state index >= 15 is 0 Å². The summed E-state index contributed by atoms with van der Waals surface area (Å²) in [5.41, 5.74) is 0.878. The highest BCUT2D eigenvalue weighted by Crippen LogP contribution is 2.13. The summed E-state index contributed by atoms with van der Waals surface area (Å²) in [7, 11) is 0. The number of ether oxygens (including phenoxy) is 1. The van der Waals surface area contributed by atoms with Crippen LogP contribution in [0.1, 0.15) is 11.3 Å². The van der Waals surface area contributed by atoms with Gasteiger partial charge >= 0.3 is 0 Å². The van der Waals surface area contributed by atoms with E-state index in [-0.39, 0.29) is 24.4 Å². The van der Waals surface area contributed by atoms with Crippen LogP contribution in [0.15, 0.2) is 82.5 Å². The van der Waals surface area contributed by atoms with Gasteiger partial charge in [0.2, 0.25) is 5.91 Å². The molecule has 0 saturated heterocycles. The molecular weight excluding hydrogens is 396 g/mol. The standard InChI is InChI=1S/C23H20N4O4/c28-21(14-27-23(30)20-7-2-1-6-19(20)22(29)26-27)25-13-16-8-10-18(11-9-16)31-15-17-5-3-4-12-24-17/h1-12H,13-15H2,(H,25,28)(H,26,29). The lowest BCUT2D eigenvalue weighted by Gasteiger charge is -2.09. The molecule has 8 nitrogen and oxygen atoms in total. The highest BCUT2D eigenvalue weighted by molar-refractivity contribution is 5.81. The van der Waals surface area contributed by atoms with Gasteiger partial charge in [0, 0.05) is 12.7 Å². The van der Waals surface area contributed by atoms with Gasteiger partial charge in [-0.1, -0.05) is 30.3 Å². The first-order valence-corrected chi connectivity index (χ1v) is 9.70. The Labute approximate surface area is 177 Å². The number of carbonyl (C=O) groups is 1. The SMILES string of the molecule is O=C(Cn1[nH]c(=O)c2ccccc2c1=O)NCc1ccc(OCc2ccccn2)cc1. The van der Waals surface area contributed by atoms with Crippen molar-refractivity contribution in [3.63, 3.8) is 0 Å². The number of hydrogen-bond donors (Lipinski definition) is 2. The van der Waals surface area contributed by atoms with Crippen molar-refractivity contribution in [3.05, 3.63) is 105 Å². The Morgan fingerprint density at radius 3 is 2.45 bits per heavy atom. The Bertz CT molecular complexity index is 1310. The molecule has 2 N–H and O–H groups in total. The van der Waals surface area contributed by atoms with Gasteiger partial charge in [-0.05, 0) is 42.0 Å². The smallest absolute Gasteiger partial charge is 0.273 e. The first-order chi connectivity index (χ1) is 15.1. The molecule has 8 heteroatoms. The molecule has 4 aromatic rings. The van der Waals surface area contributed by atoms with Crippen LogP contribution in [0, 0.1) is 0 Å². The number of fused-ring (bicyclic) bond motifs is 1. The Kier molecular flexibility index (Phi) is 5.89. The Morgan fingerprint density at radius 2 is 1.71 bits per heavy atom. The van der Waals surface area contributed by atoms with Crippen molar-refractivity contribution in [2.24, 2.45) is 0 Å². The molecule has 2 aromatic heterocycles. The molecule has 4 rings (SSSR count). The number of nitrogens with zero attached hydrogens (tertiary/aromatic N) is 2. The summed E-state index contributed by atoms with van der Waals surface area (Å²) in [6.45, 7) is 0.381. The van der Waals surface area contributed by atoms with Crippen molar-refractivity contribution in [1.29, 1.82) is 0 Å². The maximum absolute atomic E-state index is 12.5. The summed E-state index contributed by atoms with van der Waals surface area (Å²) < 4.78 is 6.71. The fourth-order valence-electron chi connectivity index (χ4n) is 3.10. The quantitative estimate of drug-likeness (QED) is 0.479. The lowest BCUT2D eigenvalue weighted by molar-refractivity contribution is -0.122. The van der Waals surface area contributed by atoms with Gasteiger partial charge in [-0.25, -0.2) is 4.68 Å². The number of pyridine rings is 1. The molecule has 0 radical (unpaired) electrons. The topological polar surface area (TPSA) is 106 Å². The highest BCUT2D eigenvalue weighted by Gasteiger charge is 2.10. The molecule has 0 fully saturated rings. The van der Waals surface area contributed by atoms with Crippen LogP contribution in [0.3, 0.4) is 0 Å². The summed E-state index contributed by atoms with van der Waals surface area (Å²) in [6.07, 6.45) is 1.71. The zero-order valence-electron chi connectivity index (χ0n) is 16.6. The van der Waals surface area contributed by atoms with E-state index in [1.807, 2.05) is 42.5 Å². The number of rotatable bonds is 7. The maximum Gasteiger partial charge on any atom is 0.273 e. The van der Waals surface area contributed by atoms with Crippen LogP contribution in [-0.4, -0.2) is 20.7 Å². The normalized spacial score (nSPS) is 10.7. The minimum Gasteiger partial charge on any atom is -0.487 e. The van der Waals surface area contributed by atoms with Crippen molar-refractivity contribution in [1.82, 2.24) is 20.1 Å². The van der Waals surface area contributed by atoms with Gasteiger partial charge in [-0.3, -0.25) is 24.5 Å². The number of amides is 1. The molecule has 1 amide bonds. The summed E-state index contributed by atoms with van der Waals surface area (Å²) in [5.74, 6) is 0.310. The van der Waals surface area contributed by atoms with Crippen molar-refractivity contribution in [3.8, 4) is 5.75 Å². The molecule has 0 spiro atoms. The van der Waals surface area contributed by atoms with Gasteiger partial charge in [0.15, 0.2) is 0 Å². The van der Waals surface area contributed by atoms with Crippen molar-refractivity contribution in [2.45, 2.75) is 19.7 Å². The van der Waals surface area contributed by atoms with Crippen LogP contribution in [0.2, 0.25) is 0 Å². The minimum atomic E-state index is -0.417. The minimum absolute atomic E-state index is 0.274. The number of nitrogens with one attached hydrogen (secondary N) is 2. The zero-order valence-corrected chi connectivity index (χ0v) is 16.6. The fourth-order valence-corrected chi connectivity index (χ4v) is 3.10. The maximum atomic E-state index is 12.5. The van der Waals surface area contributed by atoms with Gasteiger partial charge in [0.05, 0.1) is 16.5 Å². The average Bonchev–Trinajstić information content (AvgIpc) is 2.81. The summed E-state index contributed by atoms with van der Waals surface area (Å²) >= 11 is 0. The van der Waals surface area contributed by atoms with E-state index < -0.39 is 11.1 Å². The molecule has 2 aromatic carbocycles. The van der Waals surface area contributed by atoms with Gasteiger partial charge in [0.25, 0.3) is 11.1 Å². The van der Waals surface area contributed by atoms with Crippen molar-refractivity contribution < 1.29 is 9.53 Å². The third-order valence-electron chi connectivity index (χ3n) is 4.71. The summed E-state index contributed by atoms with van der Waals surface area (Å²) in [5, 5.41) is 5.78. The Morgan fingerprint density at radius 1 is 0.968 bits per heavy atom. The molecule has 0 aliphatic heterocycles. The molecule has 0 bridgehead atoms. The summed E-state index contributed by atoms with van der Waals surface area (Å²) in [6, 6.07) is 19.5. The molecular formula is C23H20N4O4. The van der Waals surface area contributed by atoms with E-state index in [1.165, 1.54) is 0 Å². The van der Waals surface area contributed by atoms with Gasteiger partial charge in [-0.15, -0.1) is 0 Å². The molecule has 0 aliphatic carbocycles. The number of carbonyl (C=O) groups excluding carboxylic acids is 1. The lowest BCUT2D eigenvalue weighted by Crippen LogP contribution is -2.36. The van der Waals surface area contributed by atoms with Gasteiger partial charge < -0.3 is 10.1 Å². The predicted molar refractivity (Wildman–Crippen MR) is 116 cm³/mol.